The van der Waals surface area contributed by atoms with Crippen LogP contribution in [0, 0.1) is 0 Å². The minimum absolute atomic E-state index is 0.701. The van der Waals surface area contributed by atoms with Crippen LogP contribution in [0.1, 0.15) is 6.92 Å². The summed E-state index contributed by atoms with van der Waals surface area (Å²) in [4.78, 5) is 4.17. The predicted octanol–water partition coefficient (Wildman–Crippen LogP) is 4.36. The Labute approximate surface area is 110 Å². The van der Waals surface area contributed by atoms with Gasteiger partial charge in [0.15, 0.2) is 0 Å². The monoisotopic (exact) mass is 255 g/mol. The van der Waals surface area contributed by atoms with Crippen LogP contribution >= 0.6 is 11.3 Å². The van der Waals surface area contributed by atoms with Crippen molar-refractivity contribution in [3.63, 3.8) is 0 Å². The Morgan fingerprint density at radius 1 is 1.28 bits per heavy atom. The van der Waals surface area contributed by atoms with Crippen molar-refractivity contribution >= 4 is 21.4 Å². The first kappa shape index (κ1) is 11.2. The normalized spacial score (nSPS) is 10.7. The Kier molecular flexibility index (Phi) is 2.99. The molecule has 0 aliphatic carbocycles. The molecule has 0 saturated carbocycles. The molecule has 2 aromatic heterocycles. The highest BCUT2D eigenvalue weighted by molar-refractivity contribution is 7.17. The van der Waals surface area contributed by atoms with Gasteiger partial charge in [-0.05, 0) is 36.6 Å². The van der Waals surface area contributed by atoms with E-state index in [1.54, 1.807) is 17.5 Å². The number of hydrogen-bond acceptors (Lipinski definition) is 3. The summed E-state index contributed by atoms with van der Waals surface area (Å²) in [5.74, 6) is 0.935. The SMILES string of the molecule is CCOc1ccc2c(-c3cccnc3)csc2c1. The van der Waals surface area contributed by atoms with E-state index in [1.165, 1.54) is 15.6 Å². The minimum Gasteiger partial charge on any atom is -0.494 e. The third kappa shape index (κ3) is 1.97. The van der Waals surface area contributed by atoms with Gasteiger partial charge in [-0.25, -0.2) is 0 Å². The van der Waals surface area contributed by atoms with E-state index in [-0.39, 0.29) is 0 Å². The van der Waals surface area contributed by atoms with Crippen LogP contribution in [0.5, 0.6) is 5.75 Å². The lowest BCUT2D eigenvalue weighted by Gasteiger charge is -2.03. The molecule has 90 valence electrons. The number of nitrogens with zero attached hydrogens (tertiary/aromatic N) is 1. The molecule has 0 radical (unpaired) electrons. The van der Waals surface area contributed by atoms with Crippen molar-refractivity contribution in [2.24, 2.45) is 0 Å². The number of thiophene rings is 1. The van der Waals surface area contributed by atoms with E-state index in [1.807, 2.05) is 25.3 Å². The van der Waals surface area contributed by atoms with Crippen LogP contribution in [0.3, 0.4) is 0 Å². The van der Waals surface area contributed by atoms with E-state index in [4.69, 9.17) is 4.74 Å². The van der Waals surface area contributed by atoms with Gasteiger partial charge in [0, 0.05) is 33.6 Å². The molecule has 0 N–H and O–H groups in total. The molecule has 0 amide bonds. The Hall–Kier alpha value is -1.87. The molecular weight excluding hydrogens is 242 g/mol. The third-order valence-electron chi connectivity index (χ3n) is 2.83. The van der Waals surface area contributed by atoms with Crippen molar-refractivity contribution in [2.75, 3.05) is 6.61 Å². The molecule has 0 bridgehead atoms. The third-order valence-corrected chi connectivity index (χ3v) is 3.78. The summed E-state index contributed by atoms with van der Waals surface area (Å²) in [6, 6.07) is 10.3. The molecule has 3 aromatic rings. The Bertz CT molecular complexity index is 661. The van der Waals surface area contributed by atoms with Crippen molar-refractivity contribution in [1.82, 2.24) is 4.98 Å². The Morgan fingerprint density at radius 2 is 2.22 bits per heavy atom. The Morgan fingerprint density at radius 3 is 3.00 bits per heavy atom. The fourth-order valence-electron chi connectivity index (χ4n) is 2.01. The fraction of sp³-hybridized carbons (Fsp3) is 0.133. The Balaban J connectivity index is 2.10. The van der Waals surface area contributed by atoms with Crippen molar-refractivity contribution in [3.8, 4) is 16.9 Å². The van der Waals surface area contributed by atoms with Crippen molar-refractivity contribution < 1.29 is 4.74 Å². The van der Waals surface area contributed by atoms with Gasteiger partial charge in [-0.15, -0.1) is 11.3 Å². The maximum absolute atomic E-state index is 5.52. The topological polar surface area (TPSA) is 22.1 Å². The fourth-order valence-corrected chi connectivity index (χ4v) is 3.01. The summed E-state index contributed by atoms with van der Waals surface area (Å²) in [5, 5.41) is 3.44. The molecule has 3 rings (SSSR count). The van der Waals surface area contributed by atoms with E-state index in [9.17, 15) is 0 Å². The van der Waals surface area contributed by atoms with E-state index >= 15 is 0 Å². The molecule has 0 aliphatic rings. The zero-order valence-corrected chi connectivity index (χ0v) is 10.9. The van der Waals surface area contributed by atoms with Gasteiger partial charge in [-0.3, -0.25) is 4.98 Å². The second-order valence-electron chi connectivity index (χ2n) is 3.98. The summed E-state index contributed by atoms with van der Waals surface area (Å²) in [7, 11) is 0. The first-order valence-electron chi connectivity index (χ1n) is 5.93. The number of fused-ring (bicyclic) bond motifs is 1. The van der Waals surface area contributed by atoms with E-state index < -0.39 is 0 Å². The number of hydrogen-bond donors (Lipinski definition) is 0. The van der Waals surface area contributed by atoms with E-state index in [0.29, 0.717) is 6.61 Å². The summed E-state index contributed by atoms with van der Waals surface area (Å²) < 4.78 is 6.77. The molecular formula is C15H13NOS. The standard InChI is InChI=1S/C15H13NOS/c1-2-17-12-5-6-13-14(10-18-15(13)8-12)11-4-3-7-16-9-11/h3-10H,2H2,1H3. The molecule has 0 atom stereocenters. The zero-order valence-electron chi connectivity index (χ0n) is 10.1. The summed E-state index contributed by atoms with van der Waals surface area (Å²) in [6.45, 7) is 2.70. The van der Waals surface area contributed by atoms with Crippen LogP contribution in [0.25, 0.3) is 21.2 Å². The maximum Gasteiger partial charge on any atom is 0.120 e. The molecule has 3 heteroatoms. The number of rotatable bonds is 3. The van der Waals surface area contributed by atoms with E-state index in [2.05, 4.69) is 28.6 Å². The van der Waals surface area contributed by atoms with Gasteiger partial charge in [0.05, 0.1) is 6.61 Å². The lowest BCUT2D eigenvalue weighted by Crippen LogP contribution is -1.90. The molecule has 0 spiro atoms. The second-order valence-corrected chi connectivity index (χ2v) is 4.89. The van der Waals surface area contributed by atoms with Crippen molar-refractivity contribution in [2.45, 2.75) is 6.92 Å². The summed E-state index contributed by atoms with van der Waals surface area (Å²) >= 11 is 1.74. The van der Waals surface area contributed by atoms with Crippen molar-refractivity contribution in [1.29, 1.82) is 0 Å². The van der Waals surface area contributed by atoms with Gasteiger partial charge in [0.25, 0.3) is 0 Å². The smallest absolute Gasteiger partial charge is 0.120 e. The number of pyridine rings is 1. The van der Waals surface area contributed by atoms with Crippen LogP contribution < -0.4 is 4.74 Å². The van der Waals surface area contributed by atoms with Gasteiger partial charge in [-0.1, -0.05) is 6.07 Å². The molecule has 0 fully saturated rings. The summed E-state index contributed by atoms with van der Waals surface area (Å²) in [5.41, 5.74) is 2.40. The zero-order chi connectivity index (χ0) is 12.4. The highest BCUT2D eigenvalue weighted by Gasteiger charge is 2.07. The highest BCUT2D eigenvalue weighted by Crippen LogP contribution is 2.35. The van der Waals surface area contributed by atoms with Crippen molar-refractivity contribution in [3.05, 3.63) is 48.1 Å². The van der Waals surface area contributed by atoms with Gasteiger partial charge < -0.3 is 4.74 Å². The van der Waals surface area contributed by atoms with Crippen LogP contribution in [0.15, 0.2) is 48.1 Å². The molecule has 0 saturated heterocycles. The first-order valence-corrected chi connectivity index (χ1v) is 6.81. The lowest BCUT2D eigenvalue weighted by atomic mass is 10.1. The van der Waals surface area contributed by atoms with E-state index in [0.717, 1.165) is 11.3 Å². The van der Waals surface area contributed by atoms with Gasteiger partial charge >= 0.3 is 0 Å². The van der Waals surface area contributed by atoms with Crippen LogP contribution in [0.4, 0.5) is 0 Å². The maximum atomic E-state index is 5.52. The van der Waals surface area contributed by atoms with Crippen LogP contribution in [0.2, 0.25) is 0 Å². The quantitative estimate of drug-likeness (QED) is 0.693. The predicted molar refractivity (Wildman–Crippen MR) is 76.2 cm³/mol. The molecule has 18 heavy (non-hydrogen) atoms. The average molecular weight is 255 g/mol. The molecule has 0 unspecified atom stereocenters. The van der Waals surface area contributed by atoms with Crippen LogP contribution in [-0.4, -0.2) is 11.6 Å². The lowest BCUT2D eigenvalue weighted by molar-refractivity contribution is 0.341. The largest absolute Gasteiger partial charge is 0.494 e. The molecule has 0 aliphatic heterocycles. The minimum atomic E-state index is 0.701. The number of aromatic nitrogens is 1. The van der Waals surface area contributed by atoms with Crippen LogP contribution in [-0.2, 0) is 0 Å². The number of ether oxygens (including phenoxy) is 1. The molecule has 2 nitrogen and oxygen atoms in total. The number of benzene rings is 1. The highest BCUT2D eigenvalue weighted by atomic mass is 32.1. The summed E-state index contributed by atoms with van der Waals surface area (Å²) in [6.07, 6.45) is 3.70. The average Bonchev–Trinajstić information content (AvgIpc) is 2.83. The van der Waals surface area contributed by atoms with Gasteiger partial charge in [0.2, 0.25) is 0 Å². The van der Waals surface area contributed by atoms with Gasteiger partial charge in [0.1, 0.15) is 5.75 Å². The second kappa shape index (κ2) is 4.78. The first-order chi connectivity index (χ1) is 8.88. The molecule has 1 aromatic carbocycles. The van der Waals surface area contributed by atoms with Gasteiger partial charge in [-0.2, -0.15) is 0 Å². The molecule has 2 heterocycles.